The lowest BCUT2D eigenvalue weighted by molar-refractivity contribution is 0.0698. The molecule has 0 aliphatic carbocycles. The quantitative estimate of drug-likeness (QED) is 0.770. The Balaban J connectivity index is 2.18. The lowest BCUT2D eigenvalue weighted by Crippen LogP contribution is -2.48. The monoisotopic (exact) mass is 327 g/mol. The number of piperazine rings is 1. The molecule has 0 saturated carbocycles. The van der Waals surface area contributed by atoms with Gasteiger partial charge in [-0.2, -0.15) is 0 Å². The molecule has 1 heterocycles. The number of aromatic carboxylic acids is 1. The van der Waals surface area contributed by atoms with Crippen molar-refractivity contribution in [2.75, 3.05) is 31.5 Å². The molecule has 0 bridgehead atoms. The molecule has 0 aromatic heterocycles. The third-order valence-electron chi connectivity index (χ3n) is 2.88. The van der Waals surface area contributed by atoms with Gasteiger partial charge in [0, 0.05) is 30.7 Å². The first-order valence-electron chi connectivity index (χ1n) is 5.88. The number of nitrogens with one attached hydrogen (secondary N) is 2. The van der Waals surface area contributed by atoms with Gasteiger partial charge in [-0.25, -0.2) is 9.59 Å². The Morgan fingerprint density at radius 3 is 2.63 bits per heavy atom. The smallest absolute Gasteiger partial charge is 0.337 e. The number of amides is 2. The number of hydrogen-bond acceptors (Lipinski definition) is 3. The molecule has 19 heavy (non-hydrogen) atoms. The van der Waals surface area contributed by atoms with E-state index in [0.29, 0.717) is 23.2 Å². The Labute approximate surface area is 118 Å². The Kier molecular flexibility index (Phi) is 4.39. The van der Waals surface area contributed by atoms with E-state index in [2.05, 4.69) is 26.6 Å². The van der Waals surface area contributed by atoms with E-state index in [0.717, 1.165) is 13.1 Å². The second kappa shape index (κ2) is 6.03. The van der Waals surface area contributed by atoms with Gasteiger partial charge in [-0.1, -0.05) is 6.07 Å². The van der Waals surface area contributed by atoms with Crippen LogP contribution in [0.4, 0.5) is 10.5 Å². The van der Waals surface area contributed by atoms with E-state index in [9.17, 15) is 9.59 Å². The van der Waals surface area contributed by atoms with Crippen LogP contribution in [0, 0.1) is 0 Å². The molecule has 1 aliphatic heterocycles. The summed E-state index contributed by atoms with van der Waals surface area (Å²) in [5.74, 6) is -1.07. The van der Waals surface area contributed by atoms with Crippen LogP contribution >= 0.6 is 15.9 Å². The lowest BCUT2D eigenvalue weighted by Gasteiger charge is -2.27. The maximum Gasteiger partial charge on any atom is 0.337 e. The number of hydrogen-bond donors (Lipinski definition) is 3. The number of carboxylic acid groups (broad SMARTS) is 1. The third-order valence-corrected chi connectivity index (χ3v) is 3.54. The maximum absolute atomic E-state index is 12.1. The first-order chi connectivity index (χ1) is 9.09. The average Bonchev–Trinajstić information content (AvgIpc) is 2.41. The van der Waals surface area contributed by atoms with Crippen molar-refractivity contribution in [3.63, 3.8) is 0 Å². The molecule has 102 valence electrons. The van der Waals surface area contributed by atoms with Crippen LogP contribution in [0.25, 0.3) is 0 Å². The molecule has 2 amide bonds. The van der Waals surface area contributed by atoms with E-state index in [-0.39, 0.29) is 11.6 Å². The van der Waals surface area contributed by atoms with Crippen LogP contribution in [0.3, 0.4) is 0 Å². The van der Waals surface area contributed by atoms with Crippen molar-refractivity contribution >= 4 is 33.6 Å². The fraction of sp³-hybridized carbons (Fsp3) is 0.333. The van der Waals surface area contributed by atoms with E-state index in [4.69, 9.17) is 5.11 Å². The predicted molar refractivity (Wildman–Crippen MR) is 74.6 cm³/mol. The molecule has 1 fully saturated rings. The molecule has 0 spiro atoms. The highest BCUT2D eigenvalue weighted by atomic mass is 79.9. The zero-order valence-corrected chi connectivity index (χ0v) is 11.7. The molecule has 0 radical (unpaired) electrons. The third kappa shape index (κ3) is 3.24. The highest BCUT2D eigenvalue weighted by molar-refractivity contribution is 9.10. The summed E-state index contributed by atoms with van der Waals surface area (Å²) in [4.78, 5) is 24.9. The van der Waals surface area contributed by atoms with Crippen molar-refractivity contribution < 1.29 is 14.7 Å². The van der Waals surface area contributed by atoms with Crippen molar-refractivity contribution in [3.05, 3.63) is 28.2 Å². The molecule has 2 rings (SSSR count). The zero-order chi connectivity index (χ0) is 13.8. The Morgan fingerprint density at radius 1 is 1.32 bits per heavy atom. The van der Waals surface area contributed by atoms with E-state index >= 15 is 0 Å². The van der Waals surface area contributed by atoms with Gasteiger partial charge in [0.1, 0.15) is 0 Å². The number of carbonyl (C=O) groups is 2. The molecular weight excluding hydrogens is 314 g/mol. The first-order valence-corrected chi connectivity index (χ1v) is 6.67. The number of nitrogens with zero attached hydrogens (tertiary/aromatic N) is 1. The van der Waals surface area contributed by atoms with Crippen molar-refractivity contribution in [2.45, 2.75) is 0 Å². The van der Waals surface area contributed by atoms with Crippen molar-refractivity contribution in [1.29, 1.82) is 0 Å². The second-order valence-electron chi connectivity index (χ2n) is 4.13. The van der Waals surface area contributed by atoms with Gasteiger partial charge in [0.2, 0.25) is 0 Å². The van der Waals surface area contributed by atoms with Gasteiger partial charge in [-0.15, -0.1) is 0 Å². The normalized spacial score (nSPS) is 15.1. The summed E-state index contributed by atoms with van der Waals surface area (Å²) in [6.45, 7) is 2.71. The van der Waals surface area contributed by atoms with Gasteiger partial charge in [0.05, 0.1) is 11.3 Å². The van der Waals surface area contributed by atoms with E-state index < -0.39 is 5.97 Å². The van der Waals surface area contributed by atoms with Gasteiger partial charge < -0.3 is 20.6 Å². The Morgan fingerprint density at radius 2 is 2.00 bits per heavy atom. The number of halogens is 1. The maximum atomic E-state index is 12.1. The summed E-state index contributed by atoms with van der Waals surface area (Å²) >= 11 is 3.26. The molecule has 1 aromatic rings. The van der Waals surface area contributed by atoms with Gasteiger partial charge in [0.15, 0.2) is 0 Å². The highest BCUT2D eigenvalue weighted by Crippen LogP contribution is 2.26. The van der Waals surface area contributed by atoms with Gasteiger partial charge in [-0.05, 0) is 28.1 Å². The molecule has 6 nitrogen and oxygen atoms in total. The van der Waals surface area contributed by atoms with Crippen LogP contribution in [0.5, 0.6) is 0 Å². The van der Waals surface area contributed by atoms with Crippen molar-refractivity contribution in [2.24, 2.45) is 0 Å². The minimum Gasteiger partial charge on any atom is -0.478 e. The van der Waals surface area contributed by atoms with Crippen LogP contribution in [-0.4, -0.2) is 48.2 Å². The summed E-state index contributed by atoms with van der Waals surface area (Å²) in [6.07, 6.45) is 0. The Bertz CT molecular complexity index is 501. The fourth-order valence-corrected chi connectivity index (χ4v) is 2.35. The molecule has 0 atom stereocenters. The predicted octanol–water partition coefficient (Wildman–Crippen LogP) is 1.58. The number of urea groups is 1. The second-order valence-corrected chi connectivity index (χ2v) is 4.99. The molecular formula is C12H14BrN3O3. The summed E-state index contributed by atoms with van der Waals surface area (Å²) in [7, 11) is 0. The minimum absolute atomic E-state index is 0.0675. The number of rotatable bonds is 2. The van der Waals surface area contributed by atoms with E-state index in [1.807, 2.05) is 0 Å². The first kappa shape index (κ1) is 13.8. The van der Waals surface area contributed by atoms with E-state index in [1.165, 1.54) is 6.07 Å². The average molecular weight is 328 g/mol. The fourth-order valence-electron chi connectivity index (χ4n) is 1.88. The number of carbonyl (C=O) groups excluding carboxylic acids is 1. The molecule has 0 unspecified atom stereocenters. The van der Waals surface area contributed by atoms with Crippen LogP contribution < -0.4 is 10.6 Å². The summed E-state index contributed by atoms with van der Waals surface area (Å²) in [5.41, 5.74) is 0.358. The standard InChI is InChI=1S/C12H14BrN3O3/c13-9-3-1-2-8(11(17)18)10(9)15-12(19)16-6-4-14-5-7-16/h1-3,14H,4-7H2,(H,15,19)(H,17,18). The summed E-state index contributed by atoms with van der Waals surface area (Å²) in [6, 6.07) is 4.49. The number of carboxylic acids is 1. The number of benzene rings is 1. The lowest BCUT2D eigenvalue weighted by atomic mass is 10.2. The van der Waals surface area contributed by atoms with Crippen molar-refractivity contribution in [3.8, 4) is 0 Å². The summed E-state index contributed by atoms with van der Waals surface area (Å²) < 4.78 is 0.552. The SMILES string of the molecule is O=C(O)c1cccc(Br)c1NC(=O)N1CCNCC1. The zero-order valence-electron chi connectivity index (χ0n) is 10.1. The molecule has 3 N–H and O–H groups in total. The van der Waals surface area contributed by atoms with Gasteiger partial charge in [0.25, 0.3) is 0 Å². The van der Waals surface area contributed by atoms with E-state index in [1.54, 1.807) is 17.0 Å². The largest absolute Gasteiger partial charge is 0.478 e. The molecule has 1 saturated heterocycles. The molecule has 1 aromatic carbocycles. The topological polar surface area (TPSA) is 81.7 Å². The number of anilines is 1. The minimum atomic E-state index is -1.07. The van der Waals surface area contributed by atoms with Crippen molar-refractivity contribution in [1.82, 2.24) is 10.2 Å². The molecule has 1 aliphatic rings. The Hall–Kier alpha value is -1.60. The highest BCUT2D eigenvalue weighted by Gasteiger charge is 2.20. The number of para-hydroxylation sites is 1. The van der Waals surface area contributed by atoms with Crippen LogP contribution in [0.1, 0.15) is 10.4 Å². The van der Waals surface area contributed by atoms with Crippen LogP contribution in [-0.2, 0) is 0 Å². The summed E-state index contributed by atoms with van der Waals surface area (Å²) in [5, 5.41) is 14.9. The van der Waals surface area contributed by atoms with Gasteiger partial charge >= 0.3 is 12.0 Å². The van der Waals surface area contributed by atoms with Gasteiger partial charge in [-0.3, -0.25) is 0 Å². The van der Waals surface area contributed by atoms with Crippen LogP contribution in [0.15, 0.2) is 22.7 Å². The van der Waals surface area contributed by atoms with Crippen LogP contribution in [0.2, 0.25) is 0 Å². The molecule has 7 heteroatoms.